The highest BCUT2D eigenvalue weighted by Gasteiger charge is 2.25. The van der Waals surface area contributed by atoms with Crippen molar-refractivity contribution < 1.29 is 19.4 Å². The number of carboxylic acid groups (broad SMARTS) is 1. The van der Waals surface area contributed by atoms with Crippen molar-refractivity contribution in [3.63, 3.8) is 0 Å². The fourth-order valence-corrected chi connectivity index (χ4v) is 2.83. The van der Waals surface area contributed by atoms with E-state index in [0.717, 1.165) is 17.0 Å². The molecular formula is C17H18N2O4. The Morgan fingerprint density at radius 2 is 1.96 bits per heavy atom. The molecule has 2 heterocycles. The number of aromatic carboxylic acids is 1. The Balaban J connectivity index is 1.66. The van der Waals surface area contributed by atoms with E-state index in [1.54, 1.807) is 17.9 Å². The van der Waals surface area contributed by atoms with Crippen LogP contribution >= 0.6 is 0 Å². The monoisotopic (exact) mass is 314 g/mol. The SMILES string of the molecule is Cc1c(C(=O)O)cc2n1CCN(C(=O)OCc1ccccc1)C2. The minimum absolute atomic E-state index is 0.233. The molecule has 6 nitrogen and oxygen atoms in total. The van der Waals surface area contributed by atoms with E-state index in [9.17, 15) is 14.7 Å². The van der Waals surface area contributed by atoms with Crippen molar-refractivity contribution >= 4 is 12.1 Å². The number of fused-ring (bicyclic) bond motifs is 1. The van der Waals surface area contributed by atoms with Crippen molar-refractivity contribution in [1.29, 1.82) is 0 Å². The van der Waals surface area contributed by atoms with Crippen molar-refractivity contribution in [2.45, 2.75) is 26.6 Å². The van der Waals surface area contributed by atoms with Crippen molar-refractivity contribution in [2.75, 3.05) is 6.54 Å². The molecule has 1 aromatic carbocycles. The maximum absolute atomic E-state index is 12.2. The van der Waals surface area contributed by atoms with Gasteiger partial charge >= 0.3 is 12.1 Å². The van der Waals surface area contributed by atoms with E-state index in [1.165, 1.54) is 0 Å². The van der Waals surface area contributed by atoms with Crippen LogP contribution in [0.4, 0.5) is 4.79 Å². The number of amides is 1. The van der Waals surface area contributed by atoms with Crippen LogP contribution in [0.5, 0.6) is 0 Å². The third kappa shape index (κ3) is 3.06. The first kappa shape index (κ1) is 15.1. The molecule has 0 aliphatic carbocycles. The van der Waals surface area contributed by atoms with Crippen LogP contribution in [0.15, 0.2) is 36.4 Å². The van der Waals surface area contributed by atoms with E-state index in [1.807, 2.05) is 34.9 Å². The van der Waals surface area contributed by atoms with E-state index in [-0.39, 0.29) is 12.7 Å². The molecule has 1 amide bonds. The van der Waals surface area contributed by atoms with E-state index < -0.39 is 5.97 Å². The van der Waals surface area contributed by atoms with Gasteiger partial charge in [0.15, 0.2) is 0 Å². The molecule has 1 aliphatic heterocycles. The first-order chi connectivity index (χ1) is 11.1. The van der Waals surface area contributed by atoms with Crippen molar-refractivity contribution in [1.82, 2.24) is 9.47 Å². The summed E-state index contributed by atoms with van der Waals surface area (Å²) in [6, 6.07) is 11.1. The lowest BCUT2D eigenvalue weighted by molar-refractivity contribution is 0.0695. The highest BCUT2D eigenvalue weighted by atomic mass is 16.6. The molecule has 3 rings (SSSR count). The Kier molecular flexibility index (Phi) is 4.06. The zero-order valence-corrected chi connectivity index (χ0v) is 12.9. The van der Waals surface area contributed by atoms with Gasteiger partial charge in [0.2, 0.25) is 0 Å². The van der Waals surface area contributed by atoms with Crippen molar-refractivity contribution in [3.05, 3.63) is 58.9 Å². The van der Waals surface area contributed by atoms with Gasteiger partial charge in [-0.3, -0.25) is 0 Å². The molecule has 6 heteroatoms. The predicted molar refractivity (Wildman–Crippen MR) is 83.2 cm³/mol. The number of hydrogen-bond acceptors (Lipinski definition) is 3. The standard InChI is InChI=1S/C17H18N2O4/c1-12-15(16(20)21)9-14-10-18(7-8-19(12)14)17(22)23-11-13-5-3-2-4-6-13/h2-6,9H,7-8,10-11H2,1H3,(H,20,21). The fraction of sp³-hybridized carbons (Fsp3) is 0.294. The second-order valence-electron chi connectivity index (χ2n) is 5.55. The summed E-state index contributed by atoms with van der Waals surface area (Å²) in [6.45, 7) is 3.47. The molecule has 0 fully saturated rings. The molecule has 1 aliphatic rings. The smallest absolute Gasteiger partial charge is 0.410 e. The van der Waals surface area contributed by atoms with Crippen LogP contribution in [0.2, 0.25) is 0 Å². The number of carboxylic acids is 1. The number of carbonyl (C=O) groups is 2. The number of rotatable bonds is 3. The quantitative estimate of drug-likeness (QED) is 0.945. The Bertz CT molecular complexity index is 737. The van der Waals surface area contributed by atoms with Gasteiger partial charge in [-0.15, -0.1) is 0 Å². The van der Waals surface area contributed by atoms with Gasteiger partial charge in [-0.1, -0.05) is 30.3 Å². The normalized spacial score (nSPS) is 13.5. The Morgan fingerprint density at radius 1 is 1.22 bits per heavy atom. The lowest BCUT2D eigenvalue weighted by Crippen LogP contribution is -2.38. The van der Waals surface area contributed by atoms with Crippen LogP contribution in [0.3, 0.4) is 0 Å². The second-order valence-corrected chi connectivity index (χ2v) is 5.55. The molecular weight excluding hydrogens is 296 g/mol. The average Bonchev–Trinajstić information content (AvgIpc) is 2.90. The van der Waals surface area contributed by atoms with Gasteiger partial charge in [0.05, 0.1) is 12.1 Å². The van der Waals surface area contributed by atoms with E-state index in [4.69, 9.17) is 4.74 Å². The summed E-state index contributed by atoms with van der Waals surface area (Å²) >= 11 is 0. The molecule has 0 atom stereocenters. The summed E-state index contributed by atoms with van der Waals surface area (Å²) in [4.78, 5) is 25.0. The van der Waals surface area contributed by atoms with E-state index in [2.05, 4.69) is 0 Å². The van der Waals surface area contributed by atoms with Gasteiger partial charge in [0.25, 0.3) is 0 Å². The van der Waals surface area contributed by atoms with Crippen molar-refractivity contribution in [2.24, 2.45) is 0 Å². The Morgan fingerprint density at radius 3 is 2.65 bits per heavy atom. The second kappa shape index (κ2) is 6.16. The van der Waals surface area contributed by atoms with Gasteiger partial charge in [0.1, 0.15) is 6.61 Å². The topological polar surface area (TPSA) is 71.8 Å². The molecule has 0 saturated carbocycles. The maximum atomic E-state index is 12.2. The first-order valence-corrected chi connectivity index (χ1v) is 7.44. The number of benzene rings is 1. The number of ether oxygens (including phenoxy) is 1. The molecule has 0 unspecified atom stereocenters. The van der Waals surface area contributed by atoms with Crippen LogP contribution in [-0.2, 0) is 24.4 Å². The molecule has 1 N–H and O–H groups in total. The van der Waals surface area contributed by atoms with Crippen LogP contribution in [-0.4, -0.2) is 33.2 Å². The Labute approximate surface area is 133 Å². The van der Waals surface area contributed by atoms with Crippen LogP contribution in [0.1, 0.15) is 27.3 Å². The minimum atomic E-state index is -0.942. The average molecular weight is 314 g/mol. The van der Waals surface area contributed by atoms with Gasteiger partial charge in [0, 0.05) is 24.5 Å². The van der Waals surface area contributed by atoms with Crippen molar-refractivity contribution in [3.8, 4) is 0 Å². The molecule has 2 aromatic rings. The van der Waals surface area contributed by atoms with Gasteiger partial charge < -0.3 is 19.3 Å². The number of aromatic nitrogens is 1. The van der Waals surface area contributed by atoms with Gasteiger partial charge in [-0.2, -0.15) is 0 Å². The number of carbonyl (C=O) groups excluding carboxylic acids is 1. The summed E-state index contributed by atoms with van der Waals surface area (Å²) in [5.41, 5.74) is 2.78. The zero-order chi connectivity index (χ0) is 16.4. The highest BCUT2D eigenvalue weighted by molar-refractivity contribution is 5.89. The largest absolute Gasteiger partial charge is 0.478 e. The highest BCUT2D eigenvalue weighted by Crippen LogP contribution is 2.21. The molecule has 0 saturated heterocycles. The van der Waals surface area contributed by atoms with Crippen LogP contribution < -0.4 is 0 Å². The fourth-order valence-electron chi connectivity index (χ4n) is 2.83. The van der Waals surface area contributed by atoms with Crippen LogP contribution in [0, 0.1) is 6.92 Å². The third-order valence-electron chi connectivity index (χ3n) is 4.09. The maximum Gasteiger partial charge on any atom is 0.410 e. The third-order valence-corrected chi connectivity index (χ3v) is 4.09. The minimum Gasteiger partial charge on any atom is -0.478 e. The summed E-state index contributed by atoms with van der Waals surface area (Å²) in [5, 5.41) is 9.18. The molecule has 0 spiro atoms. The predicted octanol–water partition coefficient (Wildman–Crippen LogP) is 2.65. The summed E-state index contributed by atoms with van der Waals surface area (Å²) in [6.07, 6.45) is -0.379. The molecule has 120 valence electrons. The van der Waals surface area contributed by atoms with Crippen LogP contribution in [0.25, 0.3) is 0 Å². The number of hydrogen-bond donors (Lipinski definition) is 1. The van der Waals surface area contributed by atoms with E-state index in [0.29, 0.717) is 25.2 Å². The van der Waals surface area contributed by atoms with E-state index >= 15 is 0 Å². The number of nitrogens with zero attached hydrogens (tertiary/aromatic N) is 2. The molecule has 0 bridgehead atoms. The Hall–Kier alpha value is -2.76. The first-order valence-electron chi connectivity index (χ1n) is 7.44. The molecule has 1 aromatic heterocycles. The summed E-state index contributed by atoms with van der Waals surface area (Å²) in [7, 11) is 0. The summed E-state index contributed by atoms with van der Waals surface area (Å²) in [5.74, 6) is -0.942. The lowest BCUT2D eigenvalue weighted by atomic mass is 10.2. The summed E-state index contributed by atoms with van der Waals surface area (Å²) < 4.78 is 7.28. The van der Waals surface area contributed by atoms with Gasteiger partial charge in [-0.05, 0) is 18.6 Å². The lowest BCUT2D eigenvalue weighted by Gasteiger charge is -2.28. The molecule has 0 radical (unpaired) electrons. The van der Waals surface area contributed by atoms with Gasteiger partial charge in [-0.25, -0.2) is 9.59 Å². The zero-order valence-electron chi connectivity index (χ0n) is 12.9. The molecule has 23 heavy (non-hydrogen) atoms.